The van der Waals surface area contributed by atoms with Crippen molar-refractivity contribution in [1.82, 2.24) is 0 Å². The molecule has 0 aromatic heterocycles. The first-order valence-electron chi connectivity index (χ1n) is 6.23. The molecule has 1 aromatic rings. The molecule has 0 heterocycles. The number of hydrogen-bond acceptors (Lipinski definition) is 3. The summed E-state index contributed by atoms with van der Waals surface area (Å²) in [5.74, 6) is -0.235. The Balaban J connectivity index is 0.000000397. The van der Waals surface area contributed by atoms with Gasteiger partial charge in [-0.05, 0) is 19.4 Å². The van der Waals surface area contributed by atoms with E-state index in [0.29, 0.717) is 13.0 Å². The average Bonchev–Trinajstić information content (AvgIpc) is 2.39. The number of carbonyl (C=O) groups excluding carboxylic acids is 2. The van der Waals surface area contributed by atoms with Gasteiger partial charge in [0.15, 0.2) is 0 Å². The fraction of sp³-hybridized carbons (Fsp3) is 0.467. The summed E-state index contributed by atoms with van der Waals surface area (Å²) in [5, 5.41) is 0. The topological polar surface area (TPSA) is 43.4 Å². The van der Waals surface area contributed by atoms with E-state index in [4.69, 9.17) is 4.74 Å². The lowest BCUT2D eigenvalue weighted by Crippen LogP contribution is -2.07. The molecule has 0 amide bonds. The minimum Gasteiger partial charge on any atom is -0.466 e. The van der Waals surface area contributed by atoms with Gasteiger partial charge in [-0.15, -0.1) is 0 Å². The maximum Gasteiger partial charge on any atom is 0.306 e. The monoisotopic (exact) mass is 249 g/mol. The molecule has 0 unspecified atom stereocenters. The summed E-state index contributed by atoms with van der Waals surface area (Å²) in [6.07, 6.45) is 2.43. The molecule has 3 heteroatoms. The molecule has 0 N–H and O–H groups in total. The summed E-state index contributed by atoms with van der Waals surface area (Å²) >= 11 is 0. The van der Waals surface area contributed by atoms with Crippen LogP contribution in [0.25, 0.3) is 0 Å². The largest absolute Gasteiger partial charge is 0.466 e. The molecule has 1 radical (unpaired) electrons. The Hall–Kier alpha value is -1.64. The lowest BCUT2D eigenvalue weighted by atomic mass is 10.2. The number of hydrogen-bond donors (Lipinski definition) is 0. The molecule has 1 aromatic carbocycles. The van der Waals surface area contributed by atoms with Crippen molar-refractivity contribution in [3.8, 4) is 0 Å². The second-order valence-corrected chi connectivity index (χ2v) is 3.85. The zero-order valence-electron chi connectivity index (χ0n) is 11.1. The predicted molar refractivity (Wildman–Crippen MR) is 71.1 cm³/mol. The van der Waals surface area contributed by atoms with Crippen LogP contribution in [0.15, 0.2) is 30.3 Å². The van der Waals surface area contributed by atoms with Gasteiger partial charge in [0.2, 0.25) is 0 Å². The average molecular weight is 249 g/mol. The molecule has 0 fully saturated rings. The van der Waals surface area contributed by atoms with Crippen LogP contribution in [0.1, 0.15) is 39.5 Å². The molecule has 0 aliphatic heterocycles. The summed E-state index contributed by atoms with van der Waals surface area (Å²) in [5.41, 5.74) is 0. The summed E-state index contributed by atoms with van der Waals surface area (Å²) in [7, 11) is 0. The quantitative estimate of drug-likeness (QED) is 0.574. The number of ketones is 1. The van der Waals surface area contributed by atoms with Crippen LogP contribution in [0.4, 0.5) is 0 Å². The van der Waals surface area contributed by atoms with Crippen LogP contribution < -0.4 is 0 Å². The molecular weight excluding hydrogens is 228 g/mol. The summed E-state index contributed by atoms with van der Waals surface area (Å²) < 4.78 is 4.84. The Kier molecular flexibility index (Phi) is 10.8. The maximum absolute atomic E-state index is 10.8. The molecule has 99 valence electrons. The Morgan fingerprint density at radius 3 is 2.17 bits per heavy atom. The first-order chi connectivity index (χ1) is 8.66. The standard InChI is InChI=1S/C9H16O3.C6H5/c1-3-4-7-12-9(11)6-5-8(2)10;1-2-4-6-5-3-1/h3-7H2,1-2H3;1-5H. The molecule has 0 aliphatic carbocycles. The second-order valence-electron chi connectivity index (χ2n) is 3.85. The zero-order valence-corrected chi connectivity index (χ0v) is 11.1. The van der Waals surface area contributed by atoms with Crippen molar-refractivity contribution in [3.05, 3.63) is 36.4 Å². The van der Waals surface area contributed by atoms with Crippen molar-refractivity contribution in [2.45, 2.75) is 39.5 Å². The van der Waals surface area contributed by atoms with Gasteiger partial charge in [0.25, 0.3) is 0 Å². The number of ether oxygens (including phenoxy) is 1. The van der Waals surface area contributed by atoms with Crippen molar-refractivity contribution in [3.63, 3.8) is 0 Å². The maximum atomic E-state index is 10.8. The van der Waals surface area contributed by atoms with Crippen molar-refractivity contribution >= 4 is 11.8 Å². The number of carbonyl (C=O) groups is 2. The van der Waals surface area contributed by atoms with Crippen LogP contribution in [0.3, 0.4) is 0 Å². The number of rotatable bonds is 6. The number of Topliss-reactive ketones (excluding diaryl/α,β-unsaturated/α-hetero) is 1. The zero-order chi connectivity index (χ0) is 13.6. The number of esters is 1. The minimum absolute atomic E-state index is 0.0300. The van der Waals surface area contributed by atoms with E-state index < -0.39 is 0 Å². The van der Waals surface area contributed by atoms with Gasteiger partial charge in [-0.1, -0.05) is 43.7 Å². The molecule has 0 saturated carbocycles. The highest BCUT2D eigenvalue weighted by atomic mass is 16.5. The van der Waals surface area contributed by atoms with E-state index in [9.17, 15) is 9.59 Å². The van der Waals surface area contributed by atoms with E-state index in [0.717, 1.165) is 12.8 Å². The van der Waals surface area contributed by atoms with E-state index in [1.54, 1.807) is 0 Å². The highest BCUT2D eigenvalue weighted by Crippen LogP contribution is 1.95. The normalized spacial score (nSPS) is 9.00. The molecule has 0 aliphatic rings. The van der Waals surface area contributed by atoms with E-state index in [1.807, 2.05) is 37.3 Å². The Morgan fingerprint density at radius 2 is 1.78 bits per heavy atom. The highest BCUT2D eigenvalue weighted by Gasteiger charge is 2.03. The van der Waals surface area contributed by atoms with E-state index in [1.165, 1.54) is 6.92 Å². The van der Waals surface area contributed by atoms with E-state index in [-0.39, 0.29) is 18.2 Å². The molecule has 0 bridgehead atoms. The van der Waals surface area contributed by atoms with Crippen LogP contribution in [-0.2, 0) is 14.3 Å². The minimum atomic E-state index is -0.265. The molecule has 18 heavy (non-hydrogen) atoms. The van der Waals surface area contributed by atoms with Crippen LogP contribution in [0.2, 0.25) is 0 Å². The first kappa shape index (κ1) is 16.4. The summed E-state index contributed by atoms with van der Waals surface area (Å²) in [6, 6.07) is 12.5. The van der Waals surface area contributed by atoms with Gasteiger partial charge in [-0.3, -0.25) is 4.79 Å². The molecule has 1 rings (SSSR count). The fourth-order valence-electron chi connectivity index (χ4n) is 1.02. The molecule has 0 saturated heterocycles. The predicted octanol–water partition coefficient (Wildman–Crippen LogP) is 3.19. The third-order valence-corrected chi connectivity index (χ3v) is 2.05. The van der Waals surface area contributed by atoms with Crippen molar-refractivity contribution < 1.29 is 14.3 Å². The van der Waals surface area contributed by atoms with Crippen LogP contribution in [0, 0.1) is 6.07 Å². The Labute approximate surface area is 109 Å². The first-order valence-corrected chi connectivity index (χ1v) is 6.23. The molecule has 0 spiro atoms. The van der Waals surface area contributed by atoms with E-state index in [2.05, 4.69) is 6.07 Å². The SMILES string of the molecule is CCCCOC(=O)CCC(C)=O.[c]1ccccc1. The van der Waals surface area contributed by atoms with Gasteiger partial charge in [0.05, 0.1) is 13.0 Å². The molecule has 3 nitrogen and oxygen atoms in total. The third kappa shape index (κ3) is 12.4. The second kappa shape index (κ2) is 11.8. The number of unbranched alkanes of at least 4 members (excludes halogenated alkanes) is 1. The fourth-order valence-corrected chi connectivity index (χ4v) is 1.02. The lowest BCUT2D eigenvalue weighted by molar-refractivity contribution is -0.144. The summed E-state index contributed by atoms with van der Waals surface area (Å²) in [6.45, 7) is 3.98. The molecule has 0 atom stereocenters. The van der Waals surface area contributed by atoms with Crippen molar-refractivity contribution in [1.29, 1.82) is 0 Å². The Bertz CT molecular complexity index is 293. The van der Waals surface area contributed by atoms with Crippen LogP contribution >= 0.6 is 0 Å². The summed E-state index contributed by atoms with van der Waals surface area (Å²) in [4.78, 5) is 21.3. The van der Waals surface area contributed by atoms with Gasteiger partial charge in [-0.25, -0.2) is 0 Å². The lowest BCUT2D eigenvalue weighted by Gasteiger charge is -2.01. The molecular formula is C15H21O3. The smallest absolute Gasteiger partial charge is 0.306 e. The van der Waals surface area contributed by atoms with Crippen LogP contribution in [0.5, 0.6) is 0 Å². The number of benzene rings is 1. The van der Waals surface area contributed by atoms with Gasteiger partial charge < -0.3 is 9.53 Å². The third-order valence-electron chi connectivity index (χ3n) is 2.05. The van der Waals surface area contributed by atoms with Crippen molar-refractivity contribution in [2.24, 2.45) is 0 Å². The van der Waals surface area contributed by atoms with Gasteiger partial charge in [0.1, 0.15) is 5.78 Å². The van der Waals surface area contributed by atoms with Gasteiger partial charge in [0, 0.05) is 6.42 Å². The Morgan fingerprint density at radius 1 is 1.11 bits per heavy atom. The van der Waals surface area contributed by atoms with Gasteiger partial charge in [-0.2, -0.15) is 0 Å². The highest BCUT2D eigenvalue weighted by molar-refractivity contribution is 5.80. The van der Waals surface area contributed by atoms with Crippen molar-refractivity contribution in [2.75, 3.05) is 6.61 Å². The van der Waals surface area contributed by atoms with E-state index >= 15 is 0 Å². The van der Waals surface area contributed by atoms with Gasteiger partial charge >= 0.3 is 5.97 Å². The van der Waals surface area contributed by atoms with Crippen LogP contribution in [-0.4, -0.2) is 18.4 Å².